The highest BCUT2D eigenvalue weighted by atomic mass is 19.1. The largest absolute Gasteiger partial charge is 0.313 e. The average molecular weight is 265 g/mol. The van der Waals surface area contributed by atoms with E-state index in [1.165, 1.54) is 25.0 Å². The second kappa shape index (κ2) is 4.86. The van der Waals surface area contributed by atoms with Crippen LogP contribution in [0.3, 0.4) is 0 Å². The van der Waals surface area contributed by atoms with Crippen molar-refractivity contribution in [3.63, 3.8) is 0 Å². The van der Waals surface area contributed by atoms with E-state index in [2.05, 4.69) is 12.2 Å². The molecule has 0 saturated heterocycles. The molecule has 1 aromatic rings. The molecule has 1 nitrogen and oxygen atoms in total. The summed E-state index contributed by atoms with van der Waals surface area (Å²) in [6, 6.07) is 4.63. The van der Waals surface area contributed by atoms with Crippen LogP contribution in [0.15, 0.2) is 18.2 Å². The third-order valence-corrected chi connectivity index (χ3v) is 4.72. The van der Waals surface area contributed by atoms with Crippen LogP contribution in [-0.4, -0.2) is 12.6 Å². The van der Waals surface area contributed by atoms with Crippen LogP contribution >= 0.6 is 0 Å². The van der Waals surface area contributed by atoms with E-state index in [4.69, 9.17) is 0 Å². The highest BCUT2D eigenvalue weighted by molar-refractivity contribution is 5.31. The molecule has 1 aromatic carbocycles. The minimum atomic E-state index is -0.458. The molecule has 0 radical (unpaired) electrons. The van der Waals surface area contributed by atoms with Gasteiger partial charge in [0.05, 0.1) is 0 Å². The zero-order valence-corrected chi connectivity index (χ0v) is 11.4. The summed E-state index contributed by atoms with van der Waals surface area (Å²) in [6.07, 6.45) is 5.73. The maximum absolute atomic E-state index is 13.4. The molecule has 0 spiro atoms. The second-order valence-corrected chi connectivity index (χ2v) is 6.28. The Labute approximate surface area is 113 Å². The van der Waals surface area contributed by atoms with Crippen molar-refractivity contribution < 1.29 is 8.78 Å². The summed E-state index contributed by atoms with van der Waals surface area (Å²) in [7, 11) is 0. The van der Waals surface area contributed by atoms with E-state index >= 15 is 0 Å². The third kappa shape index (κ3) is 2.66. The van der Waals surface area contributed by atoms with Crippen molar-refractivity contribution in [3.05, 3.63) is 35.4 Å². The third-order valence-electron chi connectivity index (χ3n) is 4.72. The van der Waals surface area contributed by atoms with Gasteiger partial charge in [-0.1, -0.05) is 13.3 Å². The first-order chi connectivity index (χ1) is 9.11. The van der Waals surface area contributed by atoms with Crippen LogP contribution in [0.25, 0.3) is 0 Å². The van der Waals surface area contributed by atoms with Gasteiger partial charge in [0.2, 0.25) is 0 Å². The molecule has 0 heterocycles. The van der Waals surface area contributed by atoms with E-state index in [1.54, 1.807) is 0 Å². The van der Waals surface area contributed by atoms with E-state index in [0.29, 0.717) is 12.0 Å². The Morgan fingerprint density at radius 2 is 1.79 bits per heavy atom. The molecule has 0 aromatic heterocycles. The van der Waals surface area contributed by atoms with Gasteiger partial charge in [0.1, 0.15) is 11.6 Å². The van der Waals surface area contributed by atoms with E-state index in [-0.39, 0.29) is 5.41 Å². The van der Waals surface area contributed by atoms with Crippen molar-refractivity contribution in [1.29, 1.82) is 0 Å². The molecule has 104 valence electrons. The van der Waals surface area contributed by atoms with Crippen molar-refractivity contribution in [3.8, 4) is 0 Å². The van der Waals surface area contributed by atoms with Gasteiger partial charge in [-0.05, 0) is 49.3 Å². The maximum atomic E-state index is 13.4. The molecule has 3 heteroatoms. The first-order valence-electron chi connectivity index (χ1n) is 7.31. The lowest BCUT2D eigenvalue weighted by atomic mass is 9.58. The van der Waals surface area contributed by atoms with Crippen molar-refractivity contribution in [2.24, 2.45) is 5.92 Å². The van der Waals surface area contributed by atoms with Crippen molar-refractivity contribution >= 4 is 0 Å². The molecule has 2 fully saturated rings. The molecule has 2 aliphatic rings. The Morgan fingerprint density at radius 1 is 1.16 bits per heavy atom. The maximum Gasteiger partial charge on any atom is 0.126 e. The van der Waals surface area contributed by atoms with E-state index < -0.39 is 11.6 Å². The Bertz CT molecular complexity index is 442. The molecule has 0 bridgehead atoms. The minimum Gasteiger partial charge on any atom is -0.313 e. The molecule has 0 aliphatic heterocycles. The summed E-state index contributed by atoms with van der Waals surface area (Å²) >= 11 is 0. The van der Waals surface area contributed by atoms with Crippen molar-refractivity contribution in [2.75, 3.05) is 6.54 Å². The lowest BCUT2D eigenvalue weighted by Gasteiger charge is -2.48. The van der Waals surface area contributed by atoms with E-state index in [9.17, 15) is 8.78 Å². The quantitative estimate of drug-likeness (QED) is 0.854. The summed E-state index contributed by atoms with van der Waals surface area (Å²) < 4.78 is 26.9. The molecular weight excluding hydrogens is 244 g/mol. The number of benzene rings is 1. The fourth-order valence-electron chi connectivity index (χ4n) is 3.30. The van der Waals surface area contributed by atoms with Gasteiger partial charge in [0.15, 0.2) is 0 Å². The highest BCUT2D eigenvalue weighted by Crippen LogP contribution is 2.49. The zero-order chi connectivity index (χ0) is 13.5. The summed E-state index contributed by atoms with van der Waals surface area (Å²) in [5.74, 6) is -0.214. The highest BCUT2D eigenvalue weighted by Gasteiger charge is 2.45. The van der Waals surface area contributed by atoms with Crippen LogP contribution < -0.4 is 5.32 Å². The predicted octanol–water partition coefficient (Wildman–Crippen LogP) is 3.77. The van der Waals surface area contributed by atoms with Gasteiger partial charge in [-0.3, -0.25) is 0 Å². The average Bonchev–Trinajstić information content (AvgIpc) is 3.10. The SMILES string of the molecule is CCC1CC(CNC2CC2)(c2cc(F)cc(F)c2)C1. The van der Waals surface area contributed by atoms with Gasteiger partial charge >= 0.3 is 0 Å². The van der Waals surface area contributed by atoms with Crippen LogP contribution in [-0.2, 0) is 5.41 Å². The van der Waals surface area contributed by atoms with Gasteiger partial charge in [-0.25, -0.2) is 8.78 Å². The standard InChI is InChI=1S/C16H21F2N/c1-2-11-8-16(9-11,10-19-15-3-4-15)12-5-13(17)7-14(18)6-12/h5-7,11,15,19H,2-4,8-10H2,1H3. The molecule has 3 rings (SSSR count). The van der Waals surface area contributed by atoms with Gasteiger partial charge in [0.25, 0.3) is 0 Å². The van der Waals surface area contributed by atoms with Crippen LogP contribution in [0.1, 0.15) is 44.6 Å². The van der Waals surface area contributed by atoms with Gasteiger partial charge < -0.3 is 5.32 Å². The molecule has 0 unspecified atom stereocenters. The van der Waals surface area contributed by atoms with Gasteiger partial charge in [-0.15, -0.1) is 0 Å². The Balaban J connectivity index is 1.81. The molecule has 2 saturated carbocycles. The van der Waals surface area contributed by atoms with Crippen LogP contribution in [0.5, 0.6) is 0 Å². The second-order valence-electron chi connectivity index (χ2n) is 6.28. The molecule has 1 N–H and O–H groups in total. The molecule has 2 aliphatic carbocycles. The number of rotatable bonds is 5. The number of nitrogens with one attached hydrogen (secondary N) is 1. The predicted molar refractivity (Wildman–Crippen MR) is 72.1 cm³/mol. The minimum absolute atomic E-state index is 0.0494. The smallest absolute Gasteiger partial charge is 0.126 e. The van der Waals surface area contributed by atoms with Crippen LogP contribution in [0.2, 0.25) is 0 Å². The number of halogens is 2. The normalized spacial score (nSPS) is 30.2. The Hall–Kier alpha value is -0.960. The first kappa shape index (κ1) is 13.0. The molecule has 19 heavy (non-hydrogen) atoms. The van der Waals surface area contributed by atoms with Crippen LogP contribution in [0.4, 0.5) is 8.78 Å². The molecule has 0 amide bonds. The lowest BCUT2D eigenvalue weighted by Crippen LogP contribution is -2.49. The summed E-state index contributed by atoms with van der Waals surface area (Å²) in [6.45, 7) is 3.05. The monoisotopic (exact) mass is 265 g/mol. The zero-order valence-electron chi connectivity index (χ0n) is 11.4. The summed E-state index contributed by atoms with van der Waals surface area (Å²) in [5, 5.41) is 3.54. The van der Waals surface area contributed by atoms with Crippen molar-refractivity contribution in [2.45, 2.75) is 50.5 Å². The van der Waals surface area contributed by atoms with Gasteiger partial charge in [0, 0.05) is 24.1 Å². The number of hydrogen-bond acceptors (Lipinski definition) is 1. The Morgan fingerprint density at radius 3 is 2.32 bits per heavy atom. The van der Waals surface area contributed by atoms with Gasteiger partial charge in [-0.2, -0.15) is 0 Å². The Kier molecular flexibility index (Phi) is 3.34. The van der Waals surface area contributed by atoms with E-state index in [0.717, 1.165) is 37.4 Å². The first-order valence-corrected chi connectivity index (χ1v) is 7.31. The number of hydrogen-bond donors (Lipinski definition) is 1. The van der Waals surface area contributed by atoms with Crippen LogP contribution in [0, 0.1) is 17.6 Å². The fourth-order valence-corrected chi connectivity index (χ4v) is 3.30. The topological polar surface area (TPSA) is 12.0 Å². The fraction of sp³-hybridized carbons (Fsp3) is 0.625. The molecule has 0 atom stereocenters. The molecular formula is C16H21F2N. The van der Waals surface area contributed by atoms with E-state index in [1.807, 2.05) is 0 Å². The lowest BCUT2D eigenvalue weighted by molar-refractivity contribution is 0.132. The summed E-state index contributed by atoms with van der Waals surface area (Å²) in [4.78, 5) is 0. The summed E-state index contributed by atoms with van der Waals surface area (Å²) in [5.41, 5.74) is 0.787. The van der Waals surface area contributed by atoms with Crippen molar-refractivity contribution in [1.82, 2.24) is 5.32 Å².